The molecule has 3 fully saturated rings. The Bertz CT molecular complexity index is 1430. The Kier molecular flexibility index (Phi) is 12.3. The van der Waals surface area contributed by atoms with E-state index in [2.05, 4.69) is 9.97 Å². The number of aliphatic hydroxyl groups excluding tert-OH is 4. The maximum Gasteiger partial charge on any atom is 0.330 e. The lowest BCUT2D eigenvalue weighted by atomic mass is 10.1. The van der Waals surface area contributed by atoms with Gasteiger partial charge in [0.1, 0.15) is 42.9 Å². The molecule has 236 valence electrons. The molecule has 3 aliphatic heterocycles. The van der Waals surface area contributed by atoms with Gasteiger partial charge in [0, 0.05) is 23.5 Å². The Morgan fingerprint density at radius 3 is 1.67 bits per heavy atom. The topological polar surface area (TPSA) is 245 Å². The number of aldehydes is 1. The van der Waals surface area contributed by atoms with E-state index < -0.39 is 84.5 Å². The summed E-state index contributed by atoms with van der Waals surface area (Å²) in [5.41, 5.74) is -1.62. The van der Waals surface area contributed by atoms with Gasteiger partial charge in [-0.1, -0.05) is 7.43 Å². The molecule has 5 rings (SSSR count). The van der Waals surface area contributed by atoms with Crippen LogP contribution in [0.5, 0.6) is 0 Å². The van der Waals surface area contributed by atoms with Gasteiger partial charge in [0.15, 0.2) is 18.7 Å². The van der Waals surface area contributed by atoms with E-state index >= 15 is 0 Å². The molecular weight excluding hydrogens is 564 g/mol. The third-order valence-corrected chi connectivity index (χ3v) is 6.52. The van der Waals surface area contributed by atoms with E-state index in [1.54, 1.807) is 13.8 Å². The van der Waals surface area contributed by atoms with Crippen LogP contribution in [0.25, 0.3) is 0 Å². The standard InChI is InChI=1S/C12H16N2O6.C10H14N2O6.C2H4O.CH4/c1-5-3-14(12(17)13-10(5)16)11-9-8(7(4-15)20-11)18-6(2)19-9;1-4-2-12(10(17)11-8(4)16)9-7(15)6(14)5(3-13)18-9;1-2-3;/h3,6-9,11,15H,4H2,1-2H3,(H,13,16,17);2,5-7,9,13-15H,3H2,1H3,(H,11,16,17);2H,1H3;1H4/t6?,7-,8-,9-,11-;5-,6-,7-,9-;;/m11../s1. The number of aromatic nitrogens is 4. The Labute approximate surface area is 238 Å². The van der Waals surface area contributed by atoms with Crippen molar-refractivity contribution in [3.05, 3.63) is 65.2 Å². The van der Waals surface area contributed by atoms with Crippen LogP contribution in [0.3, 0.4) is 0 Å². The average Bonchev–Trinajstić information content (AvgIpc) is 3.55. The highest BCUT2D eigenvalue weighted by Crippen LogP contribution is 2.38. The molecule has 1 unspecified atom stereocenters. The molecule has 0 radical (unpaired) electrons. The van der Waals surface area contributed by atoms with Crippen LogP contribution in [0.2, 0.25) is 0 Å². The van der Waals surface area contributed by atoms with Crippen LogP contribution in [0.1, 0.15) is 44.9 Å². The molecule has 2 aromatic rings. The van der Waals surface area contributed by atoms with Gasteiger partial charge in [0.25, 0.3) is 11.1 Å². The molecule has 9 atom stereocenters. The van der Waals surface area contributed by atoms with Crippen molar-refractivity contribution < 1.29 is 44.2 Å². The number of nitrogens with one attached hydrogen (secondary N) is 2. The Hall–Kier alpha value is -3.29. The number of aromatic amines is 2. The van der Waals surface area contributed by atoms with E-state index in [1.165, 1.54) is 30.8 Å². The number of nitrogens with zero attached hydrogens (tertiary/aromatic N) is 2. The molecular formula is C25H38N4O13. The van der Waals surface area contributed by atoms with Gasteiger partial charge >= 0.3 is 11.4 Å². The second-order valence-corrected chi connectivity index (χ2v) is 9.44. The van der Waals surface area contributed by atoms with Gasteiger partial charge in [-0.15, -0.1) is 0 Å². The zero-order chi connectivity index (χ0) is 30.6. The molecule has 3 saturated heterocycles. The summed E-state index contributed by atoms with van der Waals surface area (Å²) >= 11 is 0. The van der Waals surface area contributed by atoms with Crippen LogP contribution >= 0.6 is 0 Å². The number of H-pyrrole nitrogens is 2. The number of hydrogen-bond acceptors (Lipinski definition) is 13. The normalized spacial score (nSPS) is 31.2. The Morgan fingerprint density at radius 2 is 1.21 bits per heavy atom. The summed E-state index contributed by atoms with van der Waals surface area (Å²) in [7, 11) is 0. The molecule has 0 saturated carbocycles. The summed E-state index contributed by atoms with van der Waals surface area (Å²) in [5, 5.41) is 37.6. The highest BCUT2D eigenvalue weighted by Gasteiger charge is 2.52. The van der Waals surface area contributed by atoms with Crippen LogP contribution in [0.4, 0.5) is 0 Å². The van der Waals surface area contributed by atoms with Crippen molar-refractivity contribution in [3.8, 4) is 0 Å². The largest absolute Gasteiger partial charge is 0.394 e. The van der Waals surface area contributed by atoms with Gasteiger partial charge in [-0.3, -0.25) is 28.7 Å². The fourth-order valence-electron chi connectivity index (χ4n) is 4.52. The summed E-state index contributed by atoms with van der Waals surface area (Å²) in [6.45, 7) is 5.57. The molecule has 17 heteroatoms. The van der Waals surface area contributed by atoms with Crippen molar-refractivity contribution >= 4 is 6.29 Å². The molecule has 0 spiro atoms. The second-order valence-electron chi connectivity index (χ2n) is 9.44. The SMILES string of the molecule is C.CC=O.Cc1cn([C@@H]2O[C@H](CO)[C@@H](O)[C@H]2O)c(=O)[nH]c1=O.Cc1cn([C@@H]2O[C@H](CO)[C@H]3OC(C)O[C@H]32)c(=O)[nH]c1=O. The molecule has 6 N–H and O–H groups in total. The monoisotopic (exact) mass is 602 g/mol. The number of rotatable bonds is 4. The van der Waals surface area contributed by atoms with E-state index in [9.17, 15) is 34.5 Å². The number of carbonyl (C=O) groups is 1. The van der Waals surface area contributed by atoms with E-state index in [4.69, 9.17) is 28.8 Å². The van der Waals surface area contributed by atoms with Crippen LogP contribution in [0, 0.1) is 13.8 Å². The van der Waals surface area contributed by atoms with Crippen molar-refractivity contribution in [1.82, 2.24) is 19.1 Å². The lowest BCUT2D eigenvalue weighted by Crippen LogP contribution is -2.38. The van der Waals surface area contributed by atoms with E-state index in [-0.39, 0.29) is 19.6 Å². The van der Waals surface area contributed by atoms with E-state index in [1.807, 2.05) is 0 Å². The first-order valence-electron chi connectivity index (χ1n) is 12.6. The average molecular weight is 603 g/mol. The summed E-state index contributed by atoms with van der Waals surface area (Å²) in [4.78, 5) is 59.2. The minimum absolute atomic E-state index is 0. The minimum atomic E-state index is -1.36. The van der Waals surface area contributed by atoms with Gasteiger partial charge in [-0.05, 0) is 27.7 Å². The van der Waals surface area contributed by atoms with Gasteiger partial charge in [-0.25, -0.2) is 9.59 Å². The van der Waals surface area contributed by atoms with Crippen molar-refractivity contribution in [2.24, 2.45) is 0 Å². The first-order chi connectivity index (χ1) is 19.4. The maximum absolute atomic E-state index is 11.9. The highest BCUT2D eigenvalue weighted by atomic mass is 16.8. The van der Waals surface area contributed by atoms with Gasteiger partial charge in [0.05, 0.1) is 13.2 Å². The lowest BCUT2D eigenvalue weighted by molar-refractivity contribution is -0.145. The number of carbonyl (C=O) groups excluding carboxylic acids is 1. The quantitative estimate of drug-likeness (QED) is 0.193. The first-order valence-corrected chi connectivity index (χ1v) is 12.6. The third kappa shape index (κ3) is 7.19. The Balaban J connectivity index is 0.000000264. The van der Waals surface area contributed by atoms with E-state index in [0.29, 0.717) is 5.56 Å². The third-order valence-electron chi connectivity index (χ3n) is 6.52. The van der Waals surface area contributed by atoms with Crippen molar-refractivity contribution in [1.29, 1.82) is 0 Å². The van der Waals surface area contributed by atoms with Crippen molar-refractivity contribution in [3.63, 3.8) is 0 Å². The molecule has 2 aromatic heterocycles. The maximum atomic E-state index is 11.9. The highest BCUT2D eigenvalue weighted by molar-refractivity contribution is 5.44. The molecule has 17 nitrogen and oxygen atoms in total. The van der Waals surface area contributed by atoms with Crippen molar-refractivity contribution in [2.45, 2.75) is 90.5 Å². The molecule has 3 aliphatic rings. The predicted octanol–water partition coefficient (Wildman–Crippen LogP) is -2.84. The molecule has 0 bridgehead atoms. The lowest BCUT2D eigenvalue weighted by Gasteiger charge is -2.19. The van der Waals surface area contributed by atoms with Gasteiger partial charge in [0.2, 0.25) is 0 Å². The molecule has 0 aliphatic carbocycles. The molecule has 42 heavy (non-hydrogen) atoms. The van der Waals surface area contributed by atoms with Crippen LogP contribution in [-0.2, 0) is 23.7 Å². The predicted molar refractivity (Wildman–Crippen MR) is 144 cm³/mol. The smallest absolute Gasteiger partial charge is 0.330 e. The van der Waals surface area contributed by atoms with Crippen molar-refractivity contribution in [2.75, 3.05) is 13.2 Å². The summed E-state index contributed by atoms with van der Waals surface area (Å²) in [5.74, 6) is 0. The Morgan fingerprint density at radius 1 is 0.786 bits per heavy atom. The summed E-state index contributed by atoms with van der Waals surface area (Å²) < 4.78 is 24.2. The van der Waals surface area contributed by atoms with Crippen LogP contribution < -0.4 is 22.5 Å². The zero-order valence-electron chi connectivity index (χ0n) is 22.7. The molecule has 0 aromatic carbocycles. The van der Waals surface area contributed by atoms with Crippen LogP contribution in [-0.4, -0.2) is 102 Å². The second kappa shape index (κ2) is 14.7. The fraction of sp³-hybridized carbons (Fsp3) is 0.640. The molecule has 0 amide bonds. The van der Waals surface area contributed by atoms with Crippen LogP contribution in [0.15, 0.2) is 31.6 Å². The number of aryl methyl sites for hydroxylation is 2. The molecule has 5 heterocycles. The zero-order valence-corrected chi connectivity index (χ0v) is 22.7. The first kappa shape index (κ1) is 34.9. The summed E-state index contributed by atoms with van der Waals surface area (Å²) in [6.07, 6.45) is -3.99. The fourth-order valence-corrected chi connectivity index (χ4v) is 4.52. The number of aliphatic hydroxyl groups is 4. The number of fused-ring (bicyclic) bond motifs is 1. The number of hydrogen-bond donors (Lipinski definition) is 6. The van der Waals surface area contributed by atoms with Gasteiger partial charge < -0.3 is 44.2 Å². The van der Waals surface area contributed by atoms with E-state index in [0.717, 1.165) is 10.9 Å². The minimum Gasteiger partial charge on any atom is -0.394 e. The summed E-state index contributed by atoms with van der Waals surface area (Å²) in [6, 6.07) is 0. The van der Waals surface area contributed by atoms with Gasteiger partial charge in [-0.2, -0.15) is 0 Å². The number of ether oxygens (including phenoxy) is 4.